The van der Waals surface area contributed by atoms with Crippen LogP contribution in [0.4, 0.5) is 0 Å². The van der Waals surface area contributed by atoms with Crippen LogP contribution in [0, 0.1) is 23.7 Å². The molecule has 1 aromatic carbocycles. The number of hydrogen-bond donors (Lipinski definition) is 1. The van der Waals surface area contributed by atoms with E-state index in [-0.39, 0.29) is 42.2 Å². The van der Waals surface area contributed by atoms with Gasteiger partial charge in [0.25, 0.3) is 0 Å². The quantitative estimate of drug-likeness (QED) is 0.584. The van der Waals surface area contributed by atoms with Gasteiger partial charge in [0, 0.05) is 37.5 Å². The summed E-state index contributed by atoms with van der Waals surface area (Å²) in [7, 11) is 1.48. The van der Waals surface area contributed by atoms with E-state index >= 15 is 0 Å². The van der Waals surface area contributed by atoms with Crippen molar-refractivity contribution < 1.29 is 23.1 Å². The number of fused-ring (bicyclic) bond motifs is 1. The van der Waals surface area contributed by atoms with Crippen LogP contribution in [0.3, 0.4) is 0 Å². The summed E-state index contributed by atoms with van der Waals surface area (Å²) in [4.78, 5) is 16.0. The molecule has 1 aliphatic heterocycles. The van der Waals surface area contributed by atoms with Crippen molar-refractivity contribution in [3.63, 3.8) is 0 Å². The largest absolute Gasteiger partial charge is 0.487 e. The molecule has 0 bridgehead atoms. The number of aliphatic hydroxyl groups excluding tert-OH is 1. The summed E-state index contributed by atoms with van der Waals surface area (Å²) in [5.74, 6) is 6.58. The third-order valence-electron chi connectivity index (χ3n) is 5.74. The van der Waals surface area contributed by atoms with E-state index < -0.39 is 22.2 Å². The number of carbonyl (C=O) groups is 1. The van der Waals surface area contributed by atoms with Crippen molar-refractivity contribution in [1.82, 2.24) is 14.1 Å². The number of sulfonamides is 1. The van der Waals surface area contributed by atoms with Gasteiger partial charge in [0.2, 0.25) is 15.9 Å². The molecule has 190 valence electrons. The lowest BCUT2D eigenvalue weighted by Crippen LogP contribution is -2.50. The van der Waals surface area contributed by atoms with Crippen molar-refractivity contribution >= 4 is 15.9 Å². The highest BCUT2D eigenvalue weighted by Gasteiger charge is 2.38. The zero-order valence-electron chi connectivity index (χ0n) is 21.4. The molecule has 1 aliphatic rings. The number of nitrogens with zero attached hydrogens (tertiary/aromatic N) is 3. The Morgan fingerprint density at radius 1 is 1.26 bits per heavy atom. The molecule has 0 saturated heterocycles. The number of rotatable bonds is 7. The molecule has 1 aromatic rings. The van der Waals surface area contributed by atoms with E-state index in [4.69, 9.17) is 4.74 Å². The lowest BCUT2D eigenvalue weighted by molar-refractivity contribution is -0.132. The molecule has 0 fully saturated rings. The number of ether oxygens (including phenoxy) is 1. The minimum Gasteiger partial charge on any atom is -0.487 e. The van der Waals surface area contributed by atoms with Gasteiger partial charge in [-0.1, -0.05) is 32.6 Å². The highest BCUT2D eigenvalue weighted by Crippen LogP contribution is 2.34. The standard InChI is InChI=1S/C25H39N3O5S/c1-18(2)9-8-10-21-11-12-24-22(13-21)33-23(15-27(7)25(30)16-26(5)6)19(3)14-28(20(4)17-29)34(24,31)32/h11-13,18-20,23,29H,9,14-17H2,1-7H3/t19-,20+,23+/m1/s1. The van der Waals surface area contributed by atoms with Gasteiger partial charge in [0.05, 0.1) is 19.7 Å². The molecule has 0 radical (unpaired) electrons. The lowest BCUT2D eigenvalue weighted by Gasteiger charge is -2.37. The van der Waals surface area contributed by atoms with E-state index in [0.717, 1.165) is 6.42 Å². The van der Waals surface area contributed by atoms with Crippen LogP contribution in [-0.4, -0.2) is 93.1 Å². The number of likely N-dealkylation sites (N-methyl/N-ethyl adjacent to an activating group) is 2. The average molecular weight is 494 g/mol. The summed E-state index contributed by atoms with van der Waals surface area (Å²) in [5.41, 5.74) is 0.667. The molecule has 9 heteroatoms. The second kappa shape index (κ2) is 12.0. The zero-order valence-corrected chi connectivity index (χ0v) is 22.2. The average Bonchev–Trinajstić information content (AvgIpc) is 2.74. The minimum atomic E-state index is -3.91. The number of aliphatic hydroxyl groups is 1. The molecule has 0 aromatic heterocycles. The van der Waals surface area contributed by atoms with Crippen LogP contribution in [0.2, 0.25) is 0 Å². The van der Waals surface area contributed by atoms with E-state index in [2.05, 4.69) is 25.7 Å². The van der Waals surface area contributed by atoms with Crippen LogP contribution >= 0.6 is 0 Å². The molecule has 1 amide bonds. The number of hydrogen-bond acceptors (Lipinski definition) is 6. The van der Waals surface area contributed by atoms with Crippen molar-refractivity contribution in [3.8, 4) is 17.6 Å². The highest BCUT2D eigenvalue weighted by molar-refractivity contribution is 7.89. The van der Waals surface area contributed by atoms with E-state index in [1.165, 1.54) is 10.4 Å². The fourth-order valence-electron chi connectivity index (χ4n) is 3.64. The summed E-state index contributed by atoms with van der Waals surface area (Å²) in [6.45, 7) is 8.19. The molecule has 34 heavy (non-hydrogen) atoms. The van der Waals surface area contributed by atoms with Crippen molar-refractivity contribution in [2.24, 2.45) is 11.8 Å². The number of amides is 1. The summed E-state index contributed by atoms with van der Waals surface area (Å²) >= 11 is 0. The predicted molar refractivity (Wildman–Crippen MR) is 133 cm³/mol. The topological polar surface area (TPSA) is 90.4 Å². The Kier molecular flexibility index (Phi) is 9.95. The molecular formula is C25H39N3O5S. The molecule has 3 atom stereocenters. The first-order valence-electron chi connectivity index (χ1n) is 11.7. The van der Waals surface area contributed by atoms with Gasteiger partial charge >= 0.3 is 0 Å². The molecule has 1 N–H and O–H groups in total. The smallest absolute Gasteiger partial charge is 0.247 e. The molecular weight excluding hydrogens is 454 g/mol. The molecule has 1 heterocycles. The normalized spacial score (nSPS) is 21.0. The van der Waals surface area contributed by atoms with E-state index in [0.29, 0.717) is 18.0 Å². The Morgan fingerprint density at radius 2 is 1.94 bits per heavy atom. The maximum atomic E-state index is 13.5. The molecule has 0 saturated carbocycles. The van der Waals surface area contributed by atoms with Crippen LogP contribution < -0.4 is 4.74 Å². The highest BCUT2D eigenvalue weighted by atomic mass is 32.2. The van der Waals surface area contributed by atoms with Gasteiger partial charge in [-0.2, -0.15) is 4.31 Å². The van der Waals surface area contributed by atoms with Gasteiger partial charge in [-0.05, 0) is 45.1 Å². The number of benzene rings is 1. The van der Waals surface area contributed by atoms with E-state index in [9.17, 15) is 18.3 Å². The molecule has 2 rings (SSSR count). The van der Waals surface area contributed by atoms with Gasteiger partial charge in [0.15, 0.2) is 0 Å². The second-order valence-electron chi connectivity index (χ2n) is 9.81. The van der Waals surface area contributed by atoms with Gasteiger partial charge in [-0.3, -0.25) is 4.79 Å². The third kappa shape index (κ3) is 7.19. The van der Waals surface area contributed by atoms with Crippen molar-refractivity contribution in [2.45, 2.75) is 51.2 Å². The van der Waals surface area contributed by atoms with Gasteiger partial charge in [0.1, 0.15) is 16.7 Å². The Labute approximate surface area is 204 Å². The lowest BCUT2D eigenvalue weighted by atomic mass is 10.0. The summed E-state index contributed by atoms with van der Waals surface area (Å²) < 4.78 is 34.7. The molecule has 0 aliphatic carbocycles. The maximum Gasteiger partial charge on any atom is 0.247 e. The van der Waals surface area contributed by atoms with Crippen LogP contribution in [0.5, 0.6) is 5.75 Å². The molecule has 0 unspecified atom stereocenters. The summed E-state index contributed by atoms with van der Waals surface area (Å²) in [6, 6.07) is 4.27. The van der Waals surface area contributed by atoms with Gasteiger partial charge in [-0.15, -0.1) is 0 Å². The first-order chi connectivity index (χ1) is 15.9. The van der Waals surface area contributed by atoms with Crippen molar-refractivity contribution in [2.75, 3.05) is 47.4 Å². The zero-order chi connectivity index (χ0) is 25.6. The predicted octanol–water partition coefficient (Wildman–Crippen LogP) is 1.87. The Hall–Kier alpha value is -2.12. The van der Waals surface area contributed by atoms with Crippen LogP contribution in [0.25, 0.3) is 0 Å². The minimum absolute atomic E-state index is 0.0429. The Morgan fingerprint density at radius 3 is 2.53 bits per heavy atom. The van der Waals surface area contributed by atoms with Crippen LogP contribution in [0.15, 0.2) is 23.1 Å². The SMILES string of the molecule is CC(C)CC#Cc1ccc2c(c1)O[C@@H](CN(C)C(=O)CN(C)C)[C@H](C)CN([C@@H](C)CO)S2(=O)=O. The first-order valence-corrected chi connectivity index (χ1v) is 13.1. The Bertz CT molecular complexity index is 1010. The second-order valence-corrected chi connectivity index (χ2v) is 11.7. The number of carbonyl (C=O) groups excluding carboxylic acids is 1. The van der Waals surface area contributed by atoms with Crippen LogP contribution in [-0.2, 0) is 14.8 Å². The summed E-state index contributed by atoms with van der Waals surface area (Å²) in [6.07, 6.45) is 0.286. The van der Waals surface area contributed by atoms with Crippen molar-refractivity contribution in [3.05, 3.63) is 23.8 Å². The summed E-state index contributed by atoms with van der Waals surface area (Å²) in [5, 5.41) is 9.76. The molecule has 8 nitrogen and oxygen atoms in total. The fourth-order valence-corrected chi connectivity index (χ4v) is 5.47. The first kappa shape index (κ1) is 28.1. The monoisotopic (exact) mass is 493 g/mol. The van der Waals surface area contributed by atoms with E-state index in [1.54, 1.807) is 35.9 Å². The van der Waals surface area contributed by atoms with Crippen molar-refractivity contribution in [1.29, 1.82) is 0 Å². The van der Waals surface area contributed by atoms with Gasteiger partial charge in [-0.25, -0.2) is 8.42 Å². The maximum absolute atomic E-state index is 13.5. The van der Waals surface area contributed by atoms with E-state index in [1.807, 2.05) is 21.0 Å². The fraction of sp³-hybridized carbons (Fsp3) is 0.640. The van der Waals surface area contributed by atoms with Gasteiger partial charge < -0.3 is 19.6 Å². The molecule has 0 spiro atoms. The Balaban J connectivity index is 2.50. The third-order valence-corrected chi connectivity index (χ3v) is 7.76. The van der Waals surface area contributed by atoms with Crippen LogP contribution in [0.1, 0.15) is 39.7 Å².